The van der Waals surface area contributed by atoms with Crippen LogP contribution in [0.1, 0.15) is 0 Å². The monoisotopic (exact) mass is 378 g/mol. The van der Waals surface area contributed by atoms with E-state index < -0.39 is 0 Å². The number of aromatic nitrogens is 4. The first-order valence-corrected chi connectivity index (χ1v) is 8.86. The Bertz CT molecular complexity index is 1160. The molecule has 0 unspecified atom stereocenters. The van der Waals surface area contributed by atoms with E-state index in [1.54, 1.807) is 19.6 Å². The maximum absolute atomic E-state index is 9.19. The first-order chi connectivity index (χ1) is 13.8. The Morgan fingerprint density at radius 2 is 2.00 bits per heavy atom. The van der Waals surface area contributed by atoms with Gasteiger partial charge < -0.3 is 23.9 Å². The van der Waals surface area contributed by atoms with Crippen LogP contribution in [0.3, 0.4) is 0 Å². The van der Waals surface area contributed by atoms with E-state index in [9.17, 15) is 5.11 Å². The molecule has 0 saturated carbocycles. The fourth-order valence-electron chi connectivity index (χ4n) is 3.47. The molecule has 1 N–H and O–H groups in total. The fraction of sp³-hybridized carbons (Fsp3) is 0.200. The minimum Gasteiger partial charge on any atom is -0.496 e. The molecule has 8 nitrogen and oxygen atoms in total. The van der Waals surface area contributed by atoms with E-state index in [2.05, 4.69) is 9.97 Å². The van der Waals surface area contributed by atoms with Crippen LogP contribution in [0, 0.1) is 0 Å². The van der Waals surface area contributed by atoms with Crippen molar-refractivity contribution in [3.05, 3.63) is 49.1 Å². The second kappa shape index (κ2) is 6.58. The number of ether oxygens (including phenoxy) is 3. The van der Waals surface area contributed by atoms with Crippen molar-refractivity contribution in [1.82, 2.24) is 19.1 Å². The van der Waals surface area contributed by atoms with E-state index in [-0.39, 0.29) is 13.4 Å². The van der Waals surface area contributed by atoms with Crippen molar-refractivity contribution in [3.8, 4) is 34.3 Å². The van der Waals surface area contributed by atoms with Gasteiger partial charge >= 0.3 is 0 Å². The number of benzene rings is 2. The summed E-state index contributed by atoms with van der Waals surface area (Å²) >= 11 is 0. The molecule has 0 bridgehead atoms. The third-order valence-corrected chi connectivity index (χ3v) is 4.80. The van der Waals surface area contributed by atoms with E-state index in [1.807, 2.05) is 45.7 Å². The minimum atomic E-state index is 0.0722. The van der Waals surface area contributed by atoms with Gasteiger partial charge in [0.25, 0.3) is 0 Å². The molecule has 3 heterocycles. The first kappa shape index (κ1) is 16.6. The van der Waals surface area contributed by atoms with Gasteiger partial charge in [0.2, 0.25) is 6.79 Å². The van der Waals surface area contributed by atoms with Crippen LogP contribution in [-0.4, -0.2) is 44.7 Å². The van der Waals surface area contributed by atoms with Gasteiger partial charge in [-0.2, -0.15) is 0 Å². The SMILES string of the molecule is COc1cc2c(cc1-c1nccn1-c1ccc3c(c1)ncn3CCO)OCO2. The summed E-state index contributed by atoms with van der Waals surface area (Å²) in [6, 6.07) is 9.69. The zero-order chi connectivity index (χ0) is 19.1. The summed E-state index contributed by atoms with van der Waals surface area (Å²) in [4.78, 5) is 8.99. The van der Waals surface area contributed by atoms with Gasteiger partial charge in [-0.15, -0.1) is 0 Å². The predicted octanol–water partition coefficient (Wildman–Crippen LogP) is 2.62. The molecule has 8 heteroatoms. The molecule has 4 aromatic rings. The van der Waals surface area contributed by atoms with E-state index in [0.29, 0.717) is 23.8 Å². The summed E-state index contributed by atoms with van der Waals surface area (Å²) in [5, 5.41) is 9.19. The Kier molecular flexibility index (Phi) is 3.91. The van der Waals surface area contributed by atoms with Crippen molar-refractivity contribution in [2.75, 3.05) is 20.5 Å². The van der Waals surface area contributed by atoms with Crippen LogP contribution in [-0.2, 0) is 6.54 Å². The Balaban J connectivity index is 1.61. The normalized spacial score (nSPS) is 12.6. The van der Waals surface area contributed by atoms with Gasteiger partial charge in [0, 0.05) is 30.7 Å². The highest BCUT2D eigenvalue weighted by molar-refractivity contribution is 5.79. The van der Waals surface area contributed by atoms with E-state index in [4.69, 9.17) is 14.2 Å². The van der Waals surface area contributed by atoms with Crippen molar-refractivity contribution in [2.24, 2.45) is 0 Å². The van der Waals surface area contributed by atoms with Crippen LogP contribution in [0.15, 0.2) is 49.1 Å². The molecule has 0 fully saturated rings. The molecule has 0 spiro atoms. The van der Waals surface area contributed by atoms with Gasteiger partial charge in [-0.25, -0.2) is 9.97 Å². The average Bonchev–Trinajstić information content (AvgIpc) is 3.46. The lowest BCUT2D eigenvalue weighted by Crippen LogP contribution is -2.01. The summed E-state index contributed by atoms with van der Waals surface area (Å²) < 4.78 is 20.4. The van der Waals surface area contributed by atoms with Gasteiger partial charge in [0.05, 0.1) is 36.6 Å². The van der Waals surface area contributed by atoms with Gasteiger partial charge in [-0.05, 0) is 24.3 Å². The first-order valence-electron chi connectivity index (χ1n) is 8.86. The molecule has 0 aliphatic carbocycles. The van der Waals surface area contributed by atoms with Crippen LogP contribution in [0.2, 0.25) is 0 Å². The molecule has 0 amide bonds. The van der Waals surface area contributed by atoms with Crippen molar-refractivity contribution < 1.29 is 19.3 Å². The van der Waals surface area contributed by atoms with Crippen LogP contribution >= 0.6 is 0 Å². The Morgan fingerprint density at radius 3 is 2.82 bits per heavy atom. The number of nitrogens with zero attached hydrogens (tertiary/aromatic N) is 4. The Hall–Kier alpha value is -3.52. The summed E-state index contributed by atoms with van der Waals surface area (Å²) in [7, 11) is 1.62. The number of imidazole rings is 2. The van der Waals surface area contributed by atoms with Gasteiger partial charge in [0.1, 0.15) is 11.6 Å². The fourth-order valence-corrected chi connectivity index (χ4v) is 3.47. The van der Waals surface area contributed by atoms with Gasteiger partial charge in [-0.1, -0.05) is 0 Å². The Morgan fingerprint density at radius 1 is 1.14 bits per heavy atom. The number of aliphatic hydroxyl groups excluding tert-OH is 1. The number of aliphatic hydroxyl groups is 1. The highest BCUT2D eigenvalue weighted by Gasteiger charge is 2.21. The van der Waals surface area contributed by atoms with E-state index in [0.717, 1.165) is 28.1 Å². The lowest BCUT2D eigenvalue weighted by atomic mass is 10.1. The van der Waals surface area contributed by atoms with Crippen molar-refractivity contribution in [3.63, 3.8) is 0 Å². The number of methoxy groups -OCH3 is 1. The van der Waals surface area contributed by atoms with Crippen molar-refractivity contribution in [1.29, 1.82) is 0 Å². The van der Waals surface area contributed by atoms with Crippen LogP contribution in [0.5, 0.6) is 17.2 Å². The number of hydrogen-bond donors (Lipinski definition) is 1. The van der Waals surface area contributed by atoms with Crippen LogP contribution in [0.25, 0.3) is 28.1 Å². The predicted molar refractivity (Wildman–Crippen MR) is 102 cm³/mol. The summed E-state index contributed by atoms with van der Waals surface area (Å²) in [5.74, 6) is 2.72. The summed E-state index contributed by atoms with van der Waals surface area (Å²) in [5.41, 5.74) is 3.56. The van der Waals surface area contributed by atoms with Gasteiger partial charge in [-0.3, -0.25) is 4.57 Å². The summed E-state index contributed by atoms with van der Waals surface area (Å²) in [6.07, 6.45) is 5.37. The molecule has 142 valence electrons. The zero-order valence-electron chi connectivity index (χ0n) is 15.2. The maximum atomic E-state index is 9.19. The smallest absolute Gasteiger partial charge is 0.231 e. The molecule has 2 aromatic carbocycles. The second-order valence-electron chi connectivity index (χ2n) is 6.36. The van der Waals surface area contributed by atoms with E-state index in [1.165, 1.54) is 0 Å². The number of rotatable bonds is 5. The van der Waals surface area contributed by atoms with E-state index >= 15 is 0 Å². The third kappa shape index (κ3) is 2.57. The zero-order valence-corrected chi connectivity index (χ0v) is 15.2. The third-order valence-electron chi connectivity index (χ3n) is 4.80. The van der Waals surface area contributed by atoms with Crippen molar-refractivity contribution >= 4 is 11.0 Å². The molecule has 1 aliphatic heterocycles. The largest absolute Gasteiger partial charge is 0.496 e. The molecule has 2 aromatic heterocycles. The quantitative estimate of drug-likeness (QED) is 0.575. The lowest BCUT2D eigenvalue weighted by Gasteiger charge is -2.12. The number of fused-ring (bicyclic) bond motifs is 2. The van der Waals surface area contributed by atoms with Crippen molar-refractivity contribution in [2.45, 2.75) is 6.54 Å². The highest BCUT2D eigenvalue weighted by atomic mass is 16.7. The number of hydrogen-bond acceptors (Lipinski definition) is 6. The van der Waals surface area contributed by atoms with Crippen LogP contribution < -0.4 is 14.2 Å². The highest BCUT2D eigenvalue weighted by Crippen LogP contribution is 2.42. The molecular weight excluding hydrogens is 360 g/mol. The topological polar surface area (TPSA) is 83.6 Å². The Labute approximate surface area is 160 Å². The standard InChI is InChI=1S/C20H18N4O4/c1-26-17-10-19-18(27-12-28-19)9-14(17)20-21-4-5-24(20)13-2-3-16-15(8-13)22-11-23(16)6-7-25/h2-5,8-11,25H,6-7,12H2,1H3. The molecular formula is C20H18N4O4. The van der Waals surface area contributed by atoms with Gasteiger partial charge in [0.15, 0.2) is 11.5 Å². The average molecular weight is 378 g/mol. The summed E-state index contributed by atoms with van der Waals surface area (Å²) in [6.45, 7) is 0.785. The van der Waals surface area contributed by atoms with Crippen LogP contribution in [0.4, 0.5) is 0 Å². The molecule has 28 heavy (non-hydrogen) atoms. The molecule has 0 atom stereocenters. The maximum Gasteiger partial charge on any atom is 0.231 e. The molecule has 0 saturated heterocycles. The minimum absolute atomic E-state index is 0.0722. The molecule has 0 radical (unpaired) electrons. The molecule has 1 aliphatic rings. The second-order valence-corrected chi connectivity index (χ2v) is 6.36. The molecule has 5 rings (SSSR count). The lowest BCUT2D eigenvalue weighted by molar-refractivity contribution is 0.174.